The van der Waals surface area contributed by atoms with Gasteiger partial charge in [0.25, 0.3) is 5.91 Å². The average molecular weight is 478 g/mol. The van der Waals surface area contributed by atoms with Crippen LogP contribution in [0.4, 0.5) is 5.69 Å². The van der Waals surface area contributed by atoms with Crippen LogP contribution in [0, 0.1) is 0 Å². The molecule has 0 aromatic heterocycles. The monoisotopic (exact) mass is 477 g/mol. The van der Waals surface area contributed by atoms with Crippen LogP contribution in [0.15, 0.2) is 47.6 Å². The maximum absolute atomic E-state index is 12.5. The minimum absolute atomic E-state index is 0.282. The number of benzene rings is 2. The van der Waals surface area contributed by atoms with Crippen LogP contribution in [0.25, 0.3) is 0 Å². The topological polar surface area (TPSA) is 107 Å². The SMILES string of the molecule is CCCOc1ccc(/C=N\NC(=O)CN(c2ccccc2OCC)S(C)(=O)=O)cc1OCC. The maximum Gasteiger partial charge on any atom is 0.260 e. The molecule has 180 valence electrons. The van der Waals surface area contributed by atoms with Gasteiger partial charge in [-0.2, -0.15) is 5.10 Å². The lowest BCUT2D eigenvalue weighted by molar-refractivity contribution is -0.119. The summed E-state index contributed by atoms with van der Waals surface area (Å²) in [5.41, 5.74) is 3.33. The van der Waals surface area contributed by atoms with Gasteiger partial charge in [-0.05, 0) is 56.2 Å². The molecular weight excluding hydrogens is 446 g/mol. The van der Waals surface area contributed by atoms with E-state index >= 15 is 0 Å². The van der Waals surface area contributed by atoms with Crippen molar-refractivity contribution in [2.24, 2.45) is 5.10 Å². The summed E-state index contributed by atoms with van der Waals surface area (Å²) >= 11 is 0. The molecule has 0 spiro atoms. The van der Waals surface area contributed by atoms with Gasteiger partial charge in [-0.3, -0.25) is 9.10 Å². The molecule has 0 radical (unpaired) electrons. The van der Waals surface area contributed by atoms with E-state index in [1.54, 1.807) is 49.4 Å². The second kappa shape index (κ2) is 12.7. The van der Waals surface area contributed by atoms with Crippen molar-refractivity contribution >= 4 is 27.8 Å². The van der Waals surface area contributed by atoms with Gasteiger partial charge in [0.1, 0.15) is 12.3 Å². The van der Waals surface area contributed by atoms with Gasteiger partial charge in [0.2, 0.25) is 10.0 Å². The molecule has 0 aliphatic rings. The van der Waals surface area contributed by atoms with Crippen LogP contribution in [0.1, 0.15) is 32.8 Å². The molecule has 0 aliphatic heterocycles. The first-order valence-corrected chi connectivity index (χ1v) is 12.6. The predicted molar refractivity (Wildman–Crippen MR) is 129 cm³/mol. The average Bonchev–Trinajstić information content (AvgIpc) is 2.77. The summed E-state index contributed by atoms with van der Waals surface area (Å²) in [5, 5.41) is 3.95. The number of hydrogen-bond acceptors (Lipinski definition) is 7. The minimum atomic E-state index is -3.75. The Morgan fingerprint density at radius 3 is 2.36 bits per heavy atom. The van der Waals surface area contributed by atoms with Crippen molar-refractivity contribution in [2.45, 2.75) is 27.2 Å². The van der Waals surface area contributed by atoms with E-state index < -0.39 is 22.5 Å². The van der Waals surface area contributed by atoms with Crippen LogP contribution in [-0.4, -0.2) is 53.2 Å². The molecule has 0 fully saturated rings. The quantitative estimate of drug-likeness (QED) is 0.351. The van der Waals surface area contributed by atoms with Crippen molar-refractivity contribution in [2.75, 3.05) is 36.9 Å². The molecule has 0 saturated heterocycles. The second-order valence-corrected chi connectivity index (χ2v) is 8.86. The summed E-state index contributed by atoms with van der Waals surface area (Å²) in [6, 6.07) is 12.0. The fourth-order valence-corrected chi connectivity index (χ4v) is 3.73. The number of carbonyl (C=O) groups excluding carboxylic acids is 1. The fourth-order valence-electron chi connectivity index (χ4n) is 2.87. The molecule has 0 saturated carbocycles. The molecule has 2 aromatic rings. The van der Waals surface area contributed by atoms with Crippen molar-refractivity contribution in [3.63, 3.8) is 0 Å². The van der Waals surface area contributed by atoms with E-state index in [1.165, 1.54) is 6.21 Å². The van der Waals surface area contributed by atoms with Gasteiger partial charge in [-0.1, -0.05) is 19.1 Å². The molecule has 33 heavy (non-hydrogen) atoms. The first-order valence-electron chi connectivity index (χ1n) is 10.7. The number of sulfonamides is 1. The molecule has 2 rings (SSSR count). The van der Waals surface area contributed by atoms with Crippen molar-refractivity contribution in [1.82, 2.24) is 5.43 Å². The molecule has 2 aromatic carbocycles. The molecule has 9 nitrogen and oxygen atoms in total. The number of amides is 1. The lowest BCUT2D eigenvalue weighted by Gasteiger charge is -2.23. The molecule has 0 aliphatic carbocycles. The van der Waals surface area contributed by atoms with Crippen LogP contribution < -0.4 is 23.9 Å². The highest BCUT2D eigenvalue weighted by Gasteiger charge is 2.23. The van der Waals surface area contributed by atoms with Crippen molar-refractivity contribution in [3.8, 4) is 17.2 Å². The maximum atomic E-state index is 12.5. The van der Waals surface area contributed by atoms with Crippen LogP contribution in [-0.2, 0) is 14.8 Å². The number of para-hydroxylation sites is 2. The van der Waals surface area contributed by atoms with E-state index in [9.17, 15) is 13.2 Å². The Balaban J connectivity index is 2.12. The second-order valence-electron chi connectivity index (χ2n) is 6.95. The normalized spacial score (nSPS) is 11.3. The highest BCUT2D eigenvalue weighted by atomic mass is 32.2. The van der Waals surface area contributed by atoms with Crippen LogP contribution >= 0.6 is 0 Å². The number of hydrazone groups is 1. The summed E-state index contributed by atoms with van der Waals surface area (Å²) < 4.78 is 42.5. The summed E-state index contributed by atoms with van der Waals surface area (Å²) in [7, 11) is -3.75. The minimum Gasteiger partial charge on any atom is -0.492 e. The molecule has 0 heterocycles. The van der Waals surface area contributed by atoms with Gasteiger partial charge in [-0.15, -0.1) is 0 Å². The highest BCUT2D eigenvalue weighted by Crippen LogP contribution is 2.30. The Labute approximate surface area is 195 Å². The molecule has 0 unspecified atom stereocenters. The lowest BCUT2D eigenvalue weighted by atomic mass is 10.2. The number of ether oxygens (including phenoxy) is 3. The van der Waals surface area contributed by atoms with E-state index in [2.05, 4.69) is 10.5 Å². The number of carbonyl (C=O) groups is 1. The van der Waals surface area contributed by atoms with Gasteiger partial charge in [0.05, 0.1) is 38.0 Å². The van der Waals surface area contributed by atoms with E-state index in [1.807, 2.05) is 13.8 Å². The smallest absolute Gasteiger partial charge is 0.260 e. The molecule has 10 heteroatoms. The van der Waals surface area contributed by atoms with Crippen molar-refractivity contribution in [3.05, 3.63) is 48.0 Å². The van der Waals surface area contributed by atoms with Gasteiger partial charge in [0, 0.05) is 0 Å². The first-order chi connectivity index (χ1) is 15.8. The Morgan fingerprint density at radius 1 is 1.00 bits per heavy atom. The zero-order valence-corrected chi connectivity index (χ0v) is 20.2. The molecular formula is C23H31N3O6S. The van der Waals surface area contributed by atoms with Crippen LogP contribution in [0.2, 0.25) is 0 Å². The third-order valence-electron chi connectivity index (χ3n) is 4.25. The summed E-state index contributed by atoms with van der Waals surface area (Å²) in [4.78, 5) is 12.5. The van der Waals surface area contributed by atoms with E-state index in [4.69, 9.17) is 14.2 Å². The van der Waals surface area contributed by atoms with Crippen molar-refractivity contribution < 1.29 is 27.4 Å². The Hall–Kier alpha value is -3.27. The summed E-state index contributed by atoms with van der Waals surface area (Å²) in [6.07, 6.45) is 3.35. The van der Waals surface area contributed by atoms with Crippen molar-refractivity contribution in [1.29, 1.82) is 0 Å². The molecule has 1 N–H and O–H groups in total. The van der Waals surface area contributed by atoms with E-state index in [0.29, 0.717) is 42.6 Å². The fraction of sp³-hybridized carbons (Fsp3) is 0.391. The predicted octanol–water partition coefficient (Wildman–Crippen LogP) is 3.19. The number of nitrogens with zero attached hydrogens (tertiary/aromatic N) is 2. The third kappa shape index (κ3) is 7.98. The molecule has 1 amide bonds. The Bertz CT molecular complexity index is 1060. The van der Waals surface area contributed by atoms with Crippen LogP contribution in [0.3, 0.4) is 0 Å². The number of rotatable bonds is 13. The summed E-state index contributed by atoms with van der Waals surface area (Å²) in [5.74, 6) is 0.986. The van der Waals surface area contributed by atoms with Gasteiger partial charge >= 0.3 is 0 Å². The van der Waals surface area contributed by atoms with Gasteiger partial charge < -0.3 is 14.2 Å². The lowest BCUT2D eigenvalue weighted by Crippen LogP contribution is -2.39. The number of hydrogen-bond donors (Lipinski definition) is 1. The highest BCUT2D eigenvalue weighted by molar-refractivity contribution is 7.92. The molecule has 0 bridgehead atoms. The third-order valence-corrected chi connectivity index (χ3v) is 5.38. The van der Waals surface area contributed by atoms with Gasteiger partial charge in [0.15, 0.2) is 11.5 Å². The van der Waals surface area contributed by atoms with E-state index in [-0.39, 0.29) is 5.69 Å². The number of anilines is 1. The largest absolute Gasteiger partial charge is 0.492 e. The van der Waals surface area contributed by atoms with Gasteiger partial charge in [-0.25, -0.2) is 13.8 Å². The first kappa shape index (κ1) is 26.0. The Morgan fingerprint density at radius 2 is 1.70 bits per heavy atom. The zero-order chi connectivity index (χ0) is 24.3. The molecule has 0 atom stereocenters. The summed E-state index contributed by atoms with van der Waals surface area (Å²) in [6.45, 7) is 6.65. The standard InChI is InChI=1S/C23H31N3O6S/c1-5-14-32-21-13-12-18(15-22(21)31-7-3)16-24-25-23(27)17-26(33(4,28)29)19-10-8-9-11-20(19)30-6-2/h8-13,15-16H,5-7,14,17H2,1-4H3,(H,25,27)/b24-16-. The zero-order valence-electron chi connectivity index (χ0n) is 19.4. The Kier molecular flexibility index (Phi) is 9.99. The van der Waals surface area contributed by atoms with E-state index in [0.717, 1.165) is 17.0 Å². The number of nitrogens with one attached hydrogen (secondary N) is 1. The van der Waals surface area contributed by atoms with Crippen LogP contribution in [0.5, 0.6) is 17.2 Å².